The van der Waals surface area contributed by atoms with Crippen LogP contribution in [0, 0.1) is 11.7 Å². The Morgan fingerprint density at radius 2 is 2.17 bits per heavy atom. The van der Waals surface area contributed by atoms with Gasteiger partial charge in [-0.2, -0.15) is 0 Å². The van der Waals surface area contributed by atoms with Crippen LogP contribution in [0.25, 0.3) is 10.9 Å². The third-order valence-electron chi connectivity index (χ3n) is 4.77. The molecule has 1 aromatic carbocycles. The zero-order valence-corrected chi connectivity index (χ0v) is 13.0. The molecule has 1 saturated carbocycles. The molecule has 2 fully saturated rings. The Bertz CT molecular complexity index is 744. The highest BCUT2D eigenvalue weighted by molar-refractivity contribution is 5.82. The van der Waals surface area contributed by atoms with Gasteiger partial charge in [0, 0.05) is 43.7 Å². The fourth-order valence-electron chi connectivity index (χ4n) is 3.43. The van der Waals surface area contributed by atoms with Crippen LogP contribution in [0.15, 0.2) is 30.5 Å². The first-order valence-electron chi connectivity index (χ1n) is 8.24. The van der Waals surface area contributed by atoms with Crippen LogP contribution in [0.5, 0.6) is 0 Å². The first-order chi connectivity index (χ1) is 11.2. The van der Waals surface area contributed by atoms with Crippen LogP contribution in [0.1, 0.15) is 24.8 Å². The van der Waals surface area contributed by atoms with Crippen molar-refractivity contribution in [2.45, 2.75) is 31.8 Å². The van der Waals surface area contributed by atoms with E-state index in [1.165, 1.54) is 18.9 Å². The van der Waals surface area contributed by atoms with Gasteiger partial charge in [-0.25, -0.2) is 4.39 Å². The third kappa shape index (κ3) is 2.93. The number of amides is 1. The minimum Gasteiger partial charge on any atom is -0.339 e. The van der Waals surface area contributed by atoms with Crippen LogP contribution >= 0.6 is 0 Å². The number of aromatic nitrogens is 1. The largest absolute Gasteiger partial charge is 0.339 e. The SMILES string of the molecule is O=C1CC(CNCc2ccc(F)c3cccnc23)CN1C1CC1. The van der Waals surface area contributed by atoms with Crippen molar-refractivity contribution >= 4 is 16.8 Å². The molecule has 4 rings (SSSR count). The minimum atomic E-state index is -0.238. The van der Waals surface area contributed by atoms with Crippen LogP contribution in [-0.4, -0.2) is 34.9 Å². The molecule has 2 heterocycles. The lowest BCUT2D eigenvalue weighted by Crippen LogP contribution is -2.29. The van der Waals surface area contributed by atoms with E-state index in [0.29, 0.717) is 41.7 Å². The van der Waals surface area contributed by atoms with E-state index in [2.05, 4.69) is 10.3 Å². The van der Waals surface area contributed by atoms with Gasteiger partial charge in [-0.1, -0.05) is 6.07 Å². The monoisotopic (exact) mass is 313 g/mol. The molecular formula is C18H20FN3O. The molecule has 1 atom stereocenters. The minimum absolute atomic E-state index is 0.238. The number of hydrogen-bond donors (Lipinski definition) is 1. The van der Waals surface area contributed by atoms with E-state index in [4.69, 9.17) is 0 Å². The molecule has 1 unspecified atom stereocenters. The van der Waals surface area contributed by atoms with Crippen molar-refractivity contribution in [2.75, 3.05) is 13.1 Å². The number of carbonyl (C=O) groups is 1. The molecular weight excluding hydrogens is 293 g/mol. The van der Waals surface area contributed by atoms with Crippen molar-refractivity contribution in [1.82, 2.24) is 15.2 Å². The first-order valence-corrected chi connectivity index (χ1v) is 8.24. The summed E-state index contributed by atoms with van der Waals surface area (Å²) in [6.45, 7) is 2.32. The molecule has 1 saturated heterocycles. The van der Waals surface area contributed by atoms with Crippen molar-refractivity contribution in [2.24, 2.45) is 5.92 Å². The Balaban J connectivity index is 1.38. The normalized spacial score (nSPS) is 21.3. The van der Waals surface area contributed by atoms with Gasteiger partial charge in [0.15, 0.2) is 0 Å². The molecule has 1 aliphatic heterocycles. The predicted octanol–water partition coefficient (Wildman–Crippen LogP) is 2.47. The second-order valence-electron chi connectivity index (χ2n) is 6.58. The smallest absolute Gasteiger partial charge is 0.223 e. The molecule has 4 nitrogen and oxygen atoms in total. The van der Waals surface area contributed by atoms with E-state index in [1.54, 1.807) is 24.4 Å². The van der Waals surface area contributed by atoms with Gasteiger partial charge >= 0.3 is 0 Å². The van der Waals surface area contributed by atoms with E-state index in [0.717, 1.165) is 18.7 Å². The van der Waals surface area contributed by atoms with Gasteiger partial charge < -0.3 is 10.2 Å². The Hall–Kier alpha value is -2.01. The summed E-state index contributed by atoms with van der Waals surface area (Å²) in [5.74, 6) is 0.439. The van der Waals surface area contributed by atoms with E-state index >= 15 is 0 Å². The number of hydrogen-bond acceptors (Lipinski definition) is 3. The van der Waals surface area contributed by atoms with E-state index < -0.39 is 0 Å². The van der Waals surface area contributed by atoms with Gasteiger partial charge in [-0.05, 0) is 42.5 Å². The van der Waals surface area contributed by atoms with Crippen LogP contribution in [0.2, 0.25) is 0 Å². The number of nitrogens with one attached hydrogen (secondary N) is 1. The zero-order valence-electron chi connectivity index (χ0n) is 13.0. The Labute approximate surface area is 134 Å². The fourth-order valence-corrected chi connectivity index (χ4v) is 3.43. The van der Waals surface area contributed by atoms with Crippen LogP contribution in [-0.2, 0) is 11.3 Å². The number of carbonyl (C=O) groups excluding carboxylic acids is 1. The molecule has 1 aromatic heterocycles. The standard InChI is InChI=1S/C18H20FN3O/c19-16-6-3-13(18-15(16)2-1-7-21-18)10-20-9-12-8-17(23)22(11-12)14-4-5-14/h1-3,6-7,12,14,20H,4-5,8-11H2. The van der Waals surface area contributed by atoms with Crippen LogP contribution in [0.3, 0.4) is 0 Å². The van der Waals surface area contributed by atoms with Crippen molar-refractivity contribution in [1.29, 1.82) is 0 Å². The molecule has 0 spiro atoms. The lowest BCUT2D eigenvalue weighted by molar-refractivity contribution is -0.128. The summed E-state index contributed by atoms with van der Waals surface area (Å²) in [4.78, 5) is 18.3. The maximum atomic E-state index is 13.8. The average Bonchev–Trinajstić information content (AvgIpc) is 3.33. The van der Waals surface area contributed by atoms with Crippen LogP contribution in [0.4, 0.5) is 4.39 Å². The molecule has 1 N–H and O–H groups in total. The third-order valence-corrected chi connectivity index (χ3v) is 4.77. The van der Waals surface area contributed by atoms with Crippen molar-refractivity contribution in [3.8, 4) is 0 Å². The topological polar surface area (TPSA) is 45.2 Å². The highest BCUT2D eigenvalue weighted by Crippen LogP contribution is 2.32. The highest BCUT2D eigenvalue weighted by atomic mass is 19.1. The maximum absolute atomic E-state index is 13.8. The fraction of sp³-hybridized carbons (Fsp3) is 0.444. The molecule has 2 aliphatic rings. The number of halogens is 1. The second-order valence-corrected chi connectivity index (χ2v) is 6.58. The van der Waals surface area contributed by atoms with Gasteiger partial charge in [0.05, 0.1) is 5.52 Å². The Morgan fingerprint density at radius 1 is 1.30 bits per heavy atom. The van der Waals surface area contributed by atoms with Gasteiger partial charge in [0.2, 0.25) is 5.91 Å². The molecule has 5 heteroatoms. The molecule has 0 radical (unpaired) electrons. The summed E-state index contributed by atoms with van der Waals surface area (Å²) in [5.41, 5.74) is 1.70. The van der Waals surface area contributed by atoms with Gasteiger partial charge in [0.25, 0.3) is 0 Å². The quantitative estimate of drug-likeness (QED) is 0.922. The average molecular weight is 313 g/mol. The van der Waals surface area contributed by atoms with Gasteiger partial charge in [-0.15, -0.1) is 0 Å². The number of pyridine rings is 1. The Morgan fingerprint density at radius 3 is 3.00 bits per heavy atom. The molecule has 1 amide bonds. The van der Waals surface area contributed by atoms with E-state index in [9.17, 15) is 9.18 Å². The molecule has 0 bridgehead atoms. The summed E-state index contributed by atoms with van der Waals surface area (Å²) >= 11 is 0. The van der Waals surface area contributed by atoms with Crippen molar-refractivity contribution in [3.05, 3.63) is 41.8 Å². The van der Waals surface area contributed by atoms with Crippen LogP contribution < -0.4 is 5.32 Å². The lowest BCUT2D eigenvalue weighted by Gasteiger charge is -2.16. The van der Waals surface area contributed by atoms with Crippen molar-refractivity contribution in [3.63, 3.8) is 0 Å². The van der Waals surface area contributed by atoms with Crippen molar-refractivity contribution < 1.29 is 9.18 Å². The molecule has 23 heavy (non-hydrogen) atoms. The Kier molecular flexibility index (Phi) is 3.73. The maximum Gasteiger partial charge on any atom is 0.223 e. The molecule has 1 aliphatic carbocycles. The van der Waals surface area contributed by atoms with E-state index in [-0.39, 0.29) is 5.82 Å². The number of rotatable bonds is 5. The summed E-state index contributed by atoms with van der Waals surface area (Å²) in [5, 5.41) is 3.97. The van der Waals surface area contributed by atoms with Gasteiger partial charge in [0.1, 0.15) is 5.82 Å². The zero-order chi connectivity index (χ0) is 15.8. The summed E-state index contributed by atoms with van der Waals surface area (Å²) in [6.07, 6.45) is 4.67. The summed E-state index contributed by atoms with van der Waals surface area (Å²) in [7, 11) is 0. The predicted molar refractivity (Wildman–Crippen MR) is 86.2 cm³/mol. The number of fused-ring (bicyclic) bond motifs is 1. The summed E-state index contributed by atoms with van der Waals surface area (Å²) < 4.78 is 13.8. The number of benzene rings is 1. The molecule has 2 aromatic rings. The first kappa shape index (κ1) is 14.6. The lowest BCUT2D eigenvalue weighted by atomic mass is 10.1. The second kappa shape index (κ2) is 5.89. The number of nitrogens with zero attached hydrogens (tertiary/aromatic N) is 2. The number of likely N-dealkylation sites (tertiary alicyclic amines) is 1. The highest BCUT2D eigenvalue weighted by Gasteiger charge is 2.38. The summed E-state index contributed by atoms with van der Waals surface area (Å²) in [6, 6.07) is 7.30. The molecule has 120 valence electrons. The van der Waals surface area contributed by atoms with Gasteiger partial charge in [-0.3, -0.25) is 9.78 Å². The van der Waals surface area contributed by atoms with E-state index in [1.807, 2.05) is 4.90 Å².